The molecule has 0 N–H and O–H groups in total. The molecule has 6 heteroatoms. The van der Waals surface area contributed by atoms with Gasteiger partial charge < -0.3 is 9.80 Å². The lowest BCUT2D eigenvalue weighted by molar-refractivity contribution is 0.0645. The van der Waals surface area contributed by atoms with Gasteiger partial charge in [0.15, 0.2) is 5.65 Å². The molecule has 4 rings (SSSR count). The van der Waals surface area contributed by atoms with E-state index < -0.39 is 0 Å². The number of nitrogens with zero attached hydrogens (tertiary/aromatic N) is 5. The smallest absolute Gasteiger partial charge is 0.254 e. The number of aromatic nitrogens is 3. The van der Waals surface area contributed by atoms with Crippen LogP contribution in [0.15, 0.2) is 12.3 Å². The van der Waals surface area contributed by atoms with E-state index in [4.69, 9.17) is 4.98 Å². The Labute approximate surface area is 148 Å². The van der Waals surface area contributed by atoms with Gasteiger partial charge in [0.05, 0.1) is 17.1 Å². The van der Waals surface area contributed by atoms with Crippen molar-refractivity contribution < 1.29 is 4.79 Å². The summed E-state index contributed by atoms with van der Waals surface area (Å²) in [7, 11) is 0. The zero-order valence-electron chi connectivity index (χ0n) is 15.4. The average Bonchev–Trinajstić information content (AvgIpc) is 3.39. The zero-order chi connectivity index (χ0) is 17.6. The molecule has 1 saturated carbocycles. The molecule has 2 fully saturated rings. The lowest BCUT2D eigenvalue weighted by Crippen LogP contribution is -2.48. The highest BCUT2D eigenvalue weighted by molar-refractivity contribution is 6.05. The molecule has 1 aliphatic heterocycles. The van der Waals surface area contributed by atoms with E-state index in [0.717, 1.165) is 55.0 Å². The maximum Gasteiger partial charge on any atom is 0.254 e. The summed E-state index contributed by atoms with van der Waals surface area (Å²) >= 11 is 0. The molecule has 1 amide bonds. The number of hydrogen-bond acceptors (Lipinski definition) is 4. The summed E-state index contributed by atoms with van der Waals surface area (Å²) in [5, 5.41) is 5.39. The lowest BCUT2D eigenvalue weighted by Gasteiger charge is -2.34. The summed E-state index contributed by atoms with van der Waals surface area (Å²) in [6, 6.07) is 2.26. The number of likely N-dealkylation sites (N-methyl/N-ethyl adjacent to an activating group) is 1. The van der Waals surface area contributed by atoms with E-state index >= 15 is 0 Å². The summed E-state index contributed by atoms with van der Waals surface area (Å²) in [5.74, 6) is 0.650. The van der Waals surface area contributed by atoms with Gasteiger partial charge in [0.1, 0.15) is 0 Å². The Balaban J connectivity index is 1.71. The highest BCUT2D eigenvalue weighted by Gasteiger charge is 2.30. The fraction of sp³-hybridized carbons (Fsp3) is 0.632. The van der Waals surface area contributed by atoms with Crippen molar-refractivity contribution in [1.29, 1.82) is 0 Å². The maximum absolute atomic E-state index is 13.2. The minimum Gasteiger partial charge on any atom is -0.336 e. The van der Waals surface area contributed by atoms with Crippen LogP contribution in [0.25, 0.3) is 11.0 Å². The van der Waals surface area contributed by atoms with Crippen molar-refractivity contribution in [3.63, 3.8) is 0 Å². The van der Waals surface area contributed by atoms with E-state index in [1.54, 1.807) is 0 Å². The van der Waals surface area contributed by atoms with Crippen LogP contribution in [-0.2, 0) is 0 Å². The van der Waals surface area contributed by atoms with Crippen molar-refractivity contribution in [3.8, 4) is 0 Å². The number of rotatable bonds is 4. The third kappa shape index (κ3) is 3.03. The monoisotopic (exact) mass is 341 g/mol. The van der Waals surface area contributed by atoms with Crippen LogP contribution in [0.5, 0.6) is 0 Å². The molecule has 2 aliphatic rings. The quantitative estimate of drug-likeness (QED) is 0.858. The molecule has 25 heavy (non-hydrogen) atoms. The highest BCUT2D eigenvalue weighted by Crippen LogP contribution is 2.40. The van der Waals surface area contributed by atoms with Gasteiger partial charge in [0.2, 0.25) is 0 Å². The molecule has 2 aromatic heterocycles. The Kier molecular flexibility index (Phi) is 4.23. The van der Waals surface area contributed by atoms with Crippen molar-refractivity contribution >= 4 is 16.9 Å². The van der Waals surface area contributed by atoms with E-state index in [1.807, 2.05) is 21.8 Å². The van der Waals surface area contributed by atoms with Crippen LogP contribution in [0.4, 0.5) is 0 Å². The molecule has 134 valence electrons. The van der Waals surface area contributed by atoms with Crippen molar-refractivity contribution in [1.82, 2.24) is 24.6 Å². The fourth-order valence-corrected chi connectivity index (χ4v) is 3.62. The van der Waals surface area contributed by atoms with Gasteiger partial charge in [-0.05, 0) is 39.3 Å². The Bertz CT molecular complexity index is 784. The predicted octanol–water partition coefficient (Wildman–Crippen LogP) is 2.67. The van der Waals surface area contributed by atoms with Crippen molar-refractivity contribution in [2.45, 2.75) is 45.6 Å². The number of fused-ring (bicyclic) bond motifs is 1. The zero-order valence-corrected chi connectivity index (χ0v) is 15.4. The molecule has 1 aliphatic carbocycles. The van der Waals surface area contributed by atoms with Gasteiger partial charge in [0, 0.05) is 43.8 Å². The van der Waals surface area contributed by atoms with Crippen molar-refractivity contribution in [2.24, 2.45) is 0 Å². The number of carbonyl (C=O) groups excluding carboxylic acids is 1. The molecular weight excluding hydrogens is 314 g/mol. The first-order chi connectivity index (χ1) is 12.1. The topological polar surface area (TPSA) is 54.3 Å². The van der Waals surface area contributed by atoms with Crippen LogP contribution in [0, 0.1) is 0 Å². The van der Waals surface area contributed by atoms with Gasteiger partial charge in [-0.3, -0.25) is 4.79 Å². The van der Waals surface area contributed by atoms with Crippen LogP contribution < -0.4 is 0 Å². The predicted molar refractivity (Wildman–Crippen MR) is 97.9 cm³/mol. The maximum atomic E-state index is 13.2. The molecule has 1 saturated heterocycles. The number of amides is 1. The first kappa shape index (κ1) is 16.5. The summed E-state index contributed by atoms with van der Waals surface area (Å²) in [6.07, 6.45) is 4.17. The van der Waals surface area contributed by atoms with E-state index in [0.29, 0.717) is 5.92 Å². The Morgan fingerprint density at radius 2 is 1.96 bits per heavy atom. The first-order valence-corrected chi connectivity index (χ1v) is 9.48. The second-order valence-electron chi connectivity index (χ2n) is 7.52. The number of pyridine rings is 1. The lowest BCUT2D eigenvalue weighted by atomic mass is 10.1. The normalized spacial score (nSPS) is 19.1. The van der Waals surface area contributed by atoms with Crippen LogP contribution in [-0.4, -0.2) is 63.2 Å². The number of carbonyl (C=O) groups is 1. The standard InChI is InChI=1S/C19H27N5O/c1-4-22-7-9-23(10-8-22)19(25)15-11-17(14-5-6-14)21-18-16(15)12-20-24(18)13(2)3/h11-14H,4-10H2,1-3H3. The van der Waals surface area contributed by atoms with Crippen molar-refractivity contribution in [2.75, 3.05) is 32.7 Å². The minimum atomic E-state index is 0.133. The minimum absolute atomic E-state index is 0.133. The van der Waals surface area contributed by atoms with Crippen LogP contribution in [0.2, 0.25) is 0 Å². The van der Waals surface area contributed by atoms with Crippen LogP contribution in [0.3, 0.4) is 0 Å². The third-order valence-corrected chi connectivity index (χ3v) is 5.41. The third-order valence-electron chi connectivity index (χ3n) is 5.41. The van der Waals surface area contributed by atoms with Gasteiger partial charge in [-0.2, -0.15) is 5.10 Å². The van der Waals surface area contributed by atoms with Gasteiger partial charge in [0.25, 0.3) is 5.91 Å². The summed E-state index contributed by atoms with van der Waals surface area (Å²) < 4.78 is 1.94. The SMILES string of the molecule is CCN1CCN(C(=O)c2cc(C3CC3)nc3c2cnn3C(C)C)CC1. The average molecular weight is 341 g/mol. The largest absolute Gasteiger partial charge is 0.336 e. The second-order valence-corrected chi connectivity index (χ2v) is 7.52. The Morgan fingerprint density at radius 1 is 1.24 bits per heavy atom. The van der Waals surface area contributed by atoms with E-state index in [1.165, 1.54) is 12.8 Å². The molecule has 0 aromatic carbocycles. The molecule has 2 aromatic rings. The molecular formula is C19H27N5O. The fourth-order valence-electron chi connectivity index (χ4n) is 3.62. The van der Waals surface area contributed by atoms with E-state index in [9.17, 15) is 4.79 Å². The molecule has 3 heterocycles. The van der Waals surface area contributed by atoms with Crippen LogP contribution >= 0.6 is 0 Å². The van der Waals surface area contributed by atoms with Gasteiger partial charge in [-0.1, -0.05) is 6.92 Å². The van der Waals surface area contributed by atoms with Gasteiger partial charge in [-0.15, -0.1) is 0 Å². The van der Waals surface area contributed by atoms with Gasteiger partial charge >= 0.3 is 0 Å². The Morgan fingerprint density at radius 3 is 2.56 bits per heavy atom. The number of hydrogen-bond donors (Lipinski definition) is 0. The summed E-state index contributed by atoms with van der Waals surface area (Å²) in [4.78, 5) is 22.5. The molecule has 0 atom stereocenters. The number of piperazine rings is 1. The molecule has 0 unspecified atom stereocenters. The first-order valence-electron chi connectivity index (χ1n) is 9.48. The molecule has 0 bridgehead atoms. The van der Waals surface area contributed by atoms with E-state index in [-0.39, 0.29) is 11.9 Å². The van der Waals surface area contributed by atoms with Gasteiger partial charge in [-0.25, -0.2) is 9.67 Å². The van der Waals surface area contributed by atoms with E-state index in [2.05, 4.69) is 30.8 Å². The van der Waals surface area contributed by atoms with Crippen LogP contribution in [0.1, 0.15) is 61.6 Å². The molecule has 0 spiro atoms. The highest BCUT2D eigenvalue weighted by atomic mass is 16.2. The summed E-state index contributed by atoms with van der Waals surface area (Å²) in [6.45, 7) is 10.9. The molecule has 6 nitrogen and oxygen atoms in total. The second kappa shape index (κ2) is 6.41. The summed E-state index contributed by atoms with van der Waals surface area (Å²) in [5.41, 5.74) is 2.70. The molecule has 0 radical (unpaired) electrons. The Hall–Kier alpha value is -1.95. The van der Waals surface area contributed by atoms with Crippen molar-refractivity contribution in [3.05, 3.63) is 23.5 Å².